The van der Waals surface area contributed by atoms with Crippen molar-refractivity contribution in [3.63, 3.8) is 0 Å². The lowest BCUT2D eigenvalue weighted by atomic mass is 9.76. The second-order valence-electron chi connectivity index (χ2n) is 8.65. The number of aryl methyl sites for hydroxylation is 1. The smallest absolute Gasteiger partial charge is 0.312 e. The van der Waals surface area contributed by atoms with Crippen LogP contribution in [0.15, 0.2) is 29.2 Å². The summed E-state index contributed by atoms with van der Waals surface area (Å²) in [6.45, 7) is 4.16. The van der Waals surface area contributed by atoms with Gasteiger partial charge >= 0.3 is 5.97 Å². The molecular weight excluding hydrogens is 458 g/mol. The number of hydrogen-bond donors (Lipinski definition) is 2. The minimum atomic E-state index is -0.297. The number of aromatic nitrogens is 1. The fourth-order valence-electron chi connectivity index (χ4n) is 4.57. The molecule has 1 aromatic heterocycles. The molecule has 2 aliphatic heterocycles. The monoisotopic (exact) mass is 491 g/mol. The largest absolute Gasteiger partial charge is 0.483 e. The van der Waals surface area contributed by atoms with Crippen molar-refractivity contribution >= 4 is 47.4 Å². The number of carbonyl (C=O) groups excluding carboxylic acids is 1. The number of anilines is 1. The second-order valence-corrected chi connectivity index (χ2v) is 9.53. The van der Waals surface area contributed by atoms with Crippen molar-refractivity contribution in [2.24, 2.45) is 5.41 Å². The molecule has 2 aliphatic rings. The van der Waals surface area contributed by atoms with Gasteiger partial charge in [0.25, 0.3) is 12.9 Å². The van der Waals surface area contributed by atoms with Crippen LogP contribution in [0, 0.1) is 12.3 Å². The molecule has 4 rings (SSSR count). The van der Waals surface area contributed by atoms with E-state index in [2.05, 4.69) is 47.2 Å². The fourth-order valence-corrected chi connectivity index (χ4v) is 5.01. The fraction of sp³-hybridized carbons (Fsp3) is 0.500. The minimum Gasteiger partial charge on any atom is -0.483 e. The van der Waals surface area contributed by atoms with Crippen LogP contribution in [-0.2, 0) is 19.1 Å². The van der Waals surface area contributed by atoms with Gasteiger partial charge in [0.15, 0.2) is 0 Å². The number of esters is 1. The average Bonchev–Trinajstić information content (AvgIpc) is 3.08. The summed E-state index contributed by atoms with van der Waals surface area (Å²) >= 11 is 1.74. The maximum atomic E-state index is 12.6. The number of benzene rings is 1. The van der Waals surface area contributed by atoms with Gasteiger partial charge in [-0.3, -0.25) is 14.4 Å². The van der Waals surface area contributed by atoms with E-state index in [0.717, 1.165) is 50.2 Å². The molecule has 2 saturated heterocycles. The molecule has 0 aliphatic carbocycles. The van der Waals surface area contributed by atoms with Gasteiger partial charge in [-0.25, -0.2) is 4.98 Å². The molecular formula is C24H33N3O6S. The molecule has 2 fully saturated rings. The first-order valence-corrected chi connectivity index (χ1v) is 12.2. The van der Waals surface area contributed by atoms with Crippen LogP contribution >= 0.6 is 11.8 Å². The molecule has 0 saturated carbocycles. The summed E-state index contributed by atoms with van der Waals surface area (Å²) in [5.74, 6) is 1.03. The van der Waals surface area contributed by atoms with Gasteiger partial charge in [-0.1, -0.05) is 6.07 Å². The Morgan fingerprint density at radius 2 is 1.82 bits per heavy atom. The van der Waals surface area contributed by atoms with Crippen LogP contribution in [-0.4, -0.2) is 85.1 Å². The summed E-state index contributed by atoms with van der Waals surface area (Å²) < 4.78 is 5.69. The number of thioether (sulfide) groups is 1. The van der Waals surface area contributed by atoms with E-state index in [1.807, 2.05) is 14.1 Å². The predicted molar refractivity (Wildman–Crippen MR) is 133 cm³/mol. The van der Waals surface area contributed by atoms with E-state index in [1.165, 1.54) is 15.8 Å². The second kappa shape index (κ2) is 12.6. The highest BCUT2D eigenvalue weighted by Gasteiger charge is 2.50. The molecule has 9 nitrogen and oxygen atoms in total. The van der Waals surface area contributed by atoms with Crippen LogP contribution < -0.4 is 4.90 Å². The lowest BCUT2D eigenvalue weighted by molar-refractivity contribution is -0.150. The number of pyridine rings is 1. The third-order valence-electron chi connectivity index (χ3n) is 6.15. The lowest BCUT2D eigenvalue weighted by Crippen LogP contribution is -2.43. The van der Waals surface area contributed by atoms with E-state index >= 15 is 0 Å². The molecule has 1 unspecified atom stereocenters. The van der Waals surface area contributed by atoms with E-state index < -0.39 is 0 Å². The van der Waals surface area contributed by atoms with E-state index in [0.29, 0.717) is 0 Å². The third-order valence-corrected chi connectivity index (χ3v) is 6.87. The van der Waals surface area contributed by atoms with Gasteiger partial charge in [-0.05, 0) is 63.9 Å². The van der Waals surface area contributed by atoms with Crippen LogP contribution in [0.1, 0.15) is 24.8 Å². The maximum Gasteiger partial charge on any atom is 0.312 e. The number of hydrogen-bond acceptors (Lipinski definition) is 8. The average molecular weight is 492 g/mol. The van der Waals surface area contributed by atoms with Crippen molar-refractivity contribution in [1.82, 2.24) is 9.88 Å². The summed E-state index contributed by atoms with van der Waals surface area (Å²) in [7, 11) is 4.05. The van der Waals surface area contributed by atoms with E-state index in [9.17, 15) is 4.79 Å². The number of cyclic esters (lactones) is 1. The van der Waals surface area contributed by atoms with Gasteiger partial charge in [-0.2, -0.15) is 0 Å². The van der Waals surface area contributed by atoms with Gasteiger partial charge < -0.3 is 24.7 Å². The summed E-state index contributed by atoms with van der Waals surface area (Å²) in [4.78, 5) is 39.9. The quantitative estimate of drug-likeness (QED) is 0.375. The Balaban J connectivity index is 0.000000618. The number of carbonyl (C=O) groups is 3. The number of fused-ring (bicyclic) bond motifs is 1. The summed E-state index contributed by atoms with van der Waals surface area (Å²) in [6.07, 6.45) is 4.66. The van der Waals surface area contributed by atoms with Gasteiger partial charge in [0, 0.05) is 36.3 Å². The first-order valence-electron chi connectivity index (χ1n) is 11.0. The highest BCUT2D eigenvalue weighted by atomic mass is 32.2. The van der Waals surface area contributed by atoms with Crippen molar-refractivity contribution in [2.75, 3.05) is 44.9 Å². The van der Waals surface area contributed by atoms with Crippen LogP contribution in [0.25, 0.3) is 10.9 Å². The standard InChI is InChI=1S/C22H29N3O2S.2CH2O2/c1-15-11-20(23-19-12-17(28-4)5-6-18(15)19)25-9-7-22(8-10-25)13-16(14-24(2)3)27-21(22)26;2*2-1-3/h5-6,11-12,16H,7-10,13-14H2,1-4H3;2*1H,(H,2,3). The molecule has 186 valence electrons. The highest BCUT2D eigenvalue weighted by Crippen LogP contribution is 2.44. The van der Waals surface area contributed by atoms with Crippen LogP contribution in [0.3, 0.4) is 0 Å². The Bertz CT molecular complexity index is 986. The van der Waals surface area contributed by atoms with Gasteiger partial charge in [-0.15, -0.1) is 11.8 Å². The normalized spacial score (nSPS) is 18.6. The molecule has 1 atom stereocenters. The predicted octanol–water partition coefficient (Wildman–Crippen LogP) is 3.13. The zero-order valence-corrected chi connectivity index (χ0v) is 20.9. The van der Waals surface area contributed by atoms with E-state index in [-0.39, 0.29) is 30.4 Å². The van der Waals surface area contributed by atoms with E-state index in [4.69, 9.17) is 29.5 Å². The molecule has 10 heteroatoms. The minimum absolute atomic E-state index is 0.00580. The number of nitrogens with zero attached hydrogens (tertiary/aromatic N) is 3. The lowest BCUT2D eigenvalue weighted by Gasteiger charge is -2.37. The summed E-state index contributed by atoms with van der Waals surface area (Å²) in [5, 5.41) is 15.0. The van der Waals surface area contributed by atoms with Crippen LogP contribution in [0.5, 0.6) is 0 Å². The van der Waals surface area contributed by atoms with Crippen molar-refractivity contribution in [2.45, 2.75) is 37.2 Å². The Labute approximate surface area is 204 Å². The molecule has 3 heterocycles. The van der Waals surface area contributed by atoms with Crippen molar-refractivity contribution < 1.29 is 29.3 Å². The van der Waals surface area contributed by atoms with Gasteiger partial charge in [0.1, 0.15) is 11.9 Å². The Morgan fingerprint density at radius 1 is 1.21 bits per heavy atom. The molecule has 0 radical (unpaired) electrons. The number of rotatable bonds is 4. The zero-order valence-electron chi connectivity index (χ0n) is 20.1. The third kappa shape index (κ3) is 6.60. The first-order chi connectivity index (χ1) is 16.2. The molecule has 1 spiro atoms. The highest BCUT2D eigenvalue weighted by molar-refractivity contribution is 7.98. The van der Waals surface area contributed by atoms with Crippen LogP contribution in [0.2, 0.25) is 0 Å². The summed E-state index contributed by atoms with van der Waals surface area (Å²) in [5.41, 5.74) is 2.00. The first kappa shape index (κ1) is 27.4. The number of piperidine rings is 1. The molecule has 0 bridgehead atoms. The molecule has 0 amide bonds. The summed E-state index contributed by atoms with van der Waals surface area (Å²) in [6, 6.07) is 8.67. The molecule has 2 aromatic rings. The van der Waals surface area contributed by atoms with E-state index in [1.54, 1.807) is 11.8 Å². The van der Waals surface area contributed by atoms with Gasteiger partial charge in [0.05, 0.1) is 10.9 Å². The molecule has 1 aromatic carbocycles. The number of carboxylic acid groups (broad SMARTS) is 2. The van der Waals surface area contributed by atoms with Crippen molar-refractivity contribution in [1.29, 1.82) is 0 Å². The topological polar surface area (TPSA) is 120 Å². The molecule has 34 heavy (non-hydrogen) atoms. The van der Waals surface area contributed by atoms with Crippen LogP contribution in [0.4, 0.5) is 5.82 Å². The number of likely N-dealkylation sites (N-methyl/N-ethyl adjacent to an activating group) is 1. The Morgan fingerprint density at radius 3 is 2.38 bits per heavy atom. The van der Waals surface area contributed by atoms with Crippen molar-refractivity contribution in [3.8, 4) is 0 Å². The zero-order chi connectivity index (χ0) is 25.3. The SMILES string of the molecule is CSc1ccc2c(C)cc(N3CCC4(CC3)CC(CN(C)C)OC4=O)nc2c1.O=CO.O=CO. The maximum absolute atomic E-state index is 12.6. The Kier molecular flexibility index (Phi) is 10.1. The number of ether oxygens (including phenoxy) is 1. The molecule has 2 N–H and O–H groups in total. The van der Waals surface area contributed by atoms with Gasteiger partial charge in [0.2, 0.25) is 0 Å². The van der Waals surface area contributed by atoms with Crippen molar-refractivity contribution in [3.05, 3.63) is 29.8 Å². The Hall–Kier alpha value is -2.85.